The zero-order chi connectivity index (χ0) is 16.9. The van der Waals surface area contributed by atoms with Crippen molar-refractivity contribution < 1.29 is 9.53 Å². The number of carbonyl (C=O) groups is 1. The van der Waals surface area contributed by atoms with Crippen LogP contribution in [0, 0.1) is 0 Å². The van der Waals surface area contributed by atoms with Crippen LogP contribution in [0.25, 0.3) is 0 Å². The van der Waals surface area contributed by atoms with Crippen molar-refractivity contribution in [2.24, 2.45) is 0 Å². The van der Waals surface area contributed by atoms with E-state index in [4.69, 9.17) is 16.3 Å². The maximum atomic E-state index is 12.4. The number of nitrogens with one attached hydrogen (secondary N) is 1. The summed E-state index contributed by atoms with van der Waals surface area (Å²) in [4.78, 5) is 18.4. The molecule has 1 N–H and O–H groups in total. The number of likely N-dealkylation sites (N-methyl/N-ethyl adjacent to an activating group) is 1. The first-order chi connectivity index (χ1) is 11.6. The standard InChI is InChI=1S/C17H21ClN4O2/c1-22(16(23)7-6-12-4-2-3-5-14(12)18)10-15-13(8-9-24-15)17-19-11-20-21-17/h2-5,11,13,15H,6-10H2,1H3,(H,19,20,21)/t13-,15-/m1/s1. The fourth-order valence-corrected chi connectivity index (χ4v) is 3.27. The quantitative estimate of drug-likeness (QED) is 0.870. The van der Waals surface area contributed by atoms with Gasteiger partial charge in [-0.15, -0.1) is 0 Å². The first-order valence-electron chi connectivity index (χ1n) is 8.09. The van der Waals surface area contributed by atoms with Crippen molar-refractivity contribution in [3.05, 3.63) is 47.0 Å². The topological polar surface area (TPSA) is 71.1 Å². The van der Waals surface area contributed by atoms with Crippen molar-refractivity contribution in [3.8, 4) is 0 Å². The van der Waals surface area contributed by atoms with Crippen LogP contribution in [-0.4, -0.2) is 52.3 Å². The molecule has 0 bridgehead atoms. The van der Waals surface area contributed by atoms with Gasteiger partial charge < -0.3 is 9.64 Å². The molecule has 0 aliphatic carbocycles. The molecule has 1 fully saturated rings. The monoisotopic (exact) mass is 348 g/mol. The lowest BCUT2D eigenvalue weighted by Crippen LogP contribution is -2.36. The molecule has 24 heavy (non-hydrogen) atoms. The lowest BCUT2D eigenvalue weighted by Gasteiger charge is -2.24. The van der Waals surface area contributed by atoms with Crippen molar-refractivity contribution in [3.63, 3.8) is 0 Å². The Morgan fingerprint density at radius 3 is 3.04 bits per heavy atom. The molecular formula is C17H21ClN4O2. The van der Waals surface area contributed by atoms with Crippen LogP contribution in [0.4, 0.5) is 0 Å². The third-order valence-corrected chi connectivity index (χ3v) is 4.81. The highest BCUT2D eigenvalue weighted by atomic mass is 35.5. The molecule has 1 aromatic heterocycles. The summed E-state index contributed by atoms with van der Waals surface area (Å²) in [5, 5.41) is 7.51. The van der Waals surface area contributed by atoms with Crippen LogP contribution in [-0.2, 0) is 16.0 Å². The molecule has 0 unspecified atom stereocenters. The van der Waals surface area contributed by atoms with E-state index >= 15 is 0 Å². The summed E-state index contributed by atoms with van der Waals surface area (Å²) in [6, 6.07) is 7.62. The van der Waals surface area contributed by atoms with Gasteiger partial charge in [0, 0.05) is 37.6 Å². The van der Waals surface area contributed by atoms with Gasteiger partial charge >= 0.3 is 0 Å². The number of ether oxygens (including phenoxy) is 1. The van der Waals surface area contributed by atoms with Gasteiger partial charge in [0.25, 0.3) is 0 Å². The van der Waals surface area contributed by atoms with Crippen molar-refractivity contribution in [2.75, 3.05) is 20.2 Å². The number of halogens is 1. The number of aryl methyl sites for hydroxylation is 1. The predicted octanol–water partition coefficient (Wildman–Crippen LogP) is 2.42. The maximum Gasteiger partial charge on any atom is 0.222 e. The van der Waals surface area contributed by atoms with Gasteiger partial charge in [-0.05, 0) is 24.5 Å². The molecule has 2 aromatic rings. The van der Waals surface area contributed by atoms with E-state index in [1.165, 1.54) is 6.33 Å². The van der Waals surface area contributed by atoms with Gasteiger partial charge in [-0.2, -0.15) is 5.10 Å². The van der Waals surface area contributed by atoms with Crippen LogP contribution >= 0.6 is 11.6 Å². The van der Waals surface area contributed by atoms with E-state index in [1.807, 2.05) is 31.3 Å². The molecular weight excluding hydrogens is 328 g/mol. The SMILES string of the molecule is CN(C[C@H]1OCC[C@H]1c1ncn[nH]1)C(=O)CCc1ccccc1Cl. The number of rotatable bonds is 6. The summed E-state index contributed by atoms with van der Waals surface area (Å²) in [6.45, 7) is 1.23. The molecule has 1 aromatic carbocycles. The Balaban J connectivity index is 1.53. The molecule has 0 saturated carbocycles. The van der Waals surface area contributed by atoms with Crippen LogP contribution < -0.4 is 0 Å². The van der Waals surface area contributed by atoms with Crippen LogP contribution in [0.15, 0.2) is 30.6 Å². The van der Waals surface area contributed by atoms with Crippen molar-refractivity contribution in [1.82, 2.24) is 20.1 Å². The fourth-order valence-electron chi connectivity index (χ4n) is 3.04. The summed E-state index contributed by atoms with van der Waals surface area (Å²) < 4.78 is 5.79. The highest BCUT2D eigenvalue weighted by Gasteiger charge is 2.33. The Morgan fingerprint density at radius 2 is 2.29 bits per heavy atom. The lowest BCUT2D eigenvalue weighted by molar-refractivity contribution is -0.131. The molecule has 1 aliphatic heterocycles. The second-order valence-electron chi connectivity index (χ2n) is 6.04. The van der Waals surface area contributed by atoms with Crippen LogP contribution in [0.2, 0.25) is 5.02 Å². The van der Waals surface area contributed by atoms with Gasteiger partial charge in [0.05, 0.1) is 6.10 Å². The number of aromatic nitrogens is 3. The van der Waals surface area contributed by atoms with Gasteiger partial charge in [-0.25, -0.2) is 4.98 Å². The number of nitrogens with zero attached hydrogens (tertiary/aromatic N) is 3. The van der Waals surface area contributed by atoms with Gasteiger partial charge in [-0.1, -0.05) is 29.8 Å². The number of hydrogen-bond acceptors (Lipinski definition) is 4. The van der Waals surface area contributed by atoms with E-state index in [1.54, 1.807) is 4.90 Å². The second-order valence-corrected chi connectivity index (χ2v) is 6.45. The number of amides is 1. The number of carbonyl (C=O) groups excluding carboxylic acids is 1. The van der Waals surface area contributed by atoms with E-state index in [0.29, 0.717) is 31.0 Å². The predicted molar refractivity (Wildman–Crippen MR) is 90.9 cm³/mol. The van der Waals surface area contributed by atoms with Crippen molar-refractivity contribution in [1.29, 1.82) is 0 Å². The largest absolute Gasteiger partial charge is 0.376 e. The normalized spacial score (nSPS) is 20.2. The van der Waals surface area contributed by atoms with Crippen LogP contribution in [0.5, 0.6) is 0 Å². The Kier molecular flexibility index (Phi) is 5.48. The molecule has 0 radical (unpaired) electrons. The smallest absolute Gasteiger partial charge is 0.222 e. The van der Waals surface area contributed by atoms with E-state index < -0.39 is 0 Å². The number of aromatic amines is 1. The van der Waals surface area contributed by atoms with Crippen molar-refractivity contribution >= 4 is 17.5 Å². The summed E-state index contributed by atoms with van der Waals surface area (Å²) in [5.74, 6) is 1.07. The van der Waals surface area contributed by atoms with E-state index in [2.05, 4.69) is 15.2 Å². The highest BCUT2D eigenvalue weighted by molar-refractivity contribution is 6.31. The molecule has 1 amide bonds. The first kappa shape index (κ1) is 16.9. The minimum absolute atomic E-state index is 0.0489. The summed E-state index contributed by atoms with van der Waals surface area (Å²) in [7, 11) is 1.81. The second kappa shape index (κ2) is 7.77. The molecule has 1 saturated heterocycles. The number of H-pyrrole nitrogens is 1. The van der Waals surface area contributed by atoms with Gasteiger partial charge in [0.1, 0.15) is 12.2 Å². The minimum atomic E-state index is -0.0489. The molecule has 2 heterocycles. The molecule has 0 spiro atoms. The fraction of sp³-hybridized carbons (Fsp3) is 0.471. The third kappa shape index (κ3) is 3.94. The Bertz CT molecular complexity index is 677. The Hall–Kier alpha value is -1.92. The van der Waals surface area contributed by atoms with Gasteiger partial charge in [0.15, 0.2) is 0 Å². The maximum absolute atomic E-state index is 12.4. The molecule has 128 valence electrons. The third-order valence-electron chi connectivity index (χ3n) is 4.44. The lowest BCUT2D eigenvalue weighted by atomic mass is 10.0. The minimum Gasteiger partial charge on any atom is -0.376 e. The Labute approximate surface area is 146 Å². The van der Waals surface area contributed by atoms with E-state index in [0.717, 1.165) is 17.8 Å². The molecule has 3 rings (SSSR count). The Morgan fingerprint density at radius 1 is 1.46 bits per heavy atom. The van der Waals surface area contributed by atoms with E-state index in [9.17, 15) is 4.79 Å². The zero-order valence-corrected chi connectivity index (χ0v) is 14.4. The molecule has 2 atom stereocenters. The molecule has 6 nitrogen and oxygen atoms in total. The van der Waals surface area contributed by atoms with Gasteiger partial charge in [0.2, 0.25) is 5.91 Å². The highest BCUT2D eigenvalue weighted by Crippen LogP contribution is 2.29. The van der Waals surface area contributed by atoms with Crippen molar-refractivity contribution in [2.45, 2.75) is 31.3 Å². The molecule has 1 aliphatic rings. The summed E-state index contributed by atoms with van der Waals surface area (Å²) in [6.07, 6.45) is 3.41. The number of hydrogen-bond donors (Lipinski definition) is 1. The average molecular weight is 349 g/mol. The average Bonchev–Trinajstić information content (AvgIpc) is 3.24. The summed E-state index contributed by atoms with van der Waals surface area (Å²) >= 11 is 6.14. The van der Waals surface area contributed by atoms with Gasteiger partial charge in [-0.3, -0.25) is 9.89 Å². The zero-order valence-electron chi connectivity index (χ0n) is 13.6. The van der Waals surface area contributed by atoms with Crippen LogP contribution in [0.3, 0.4) is 0 Å². The number of benzene rings is 1. The summed E-state index contributed by atoms with van der Waals surface area (Å²) in [5.41, 5.74) is 0.998. The molecule has 7 heteroatoms. The van der Waals surface area contributed by atoms with E-state index in [-0.39, 0.29) is 17.9 Å². The first-order valence-corrected chi connectivity index (χ1v) is 8.47. The van der Waals surface area contributed by atoms with Crippen LogP contribution in [0.1, 0.15) is 30.1 Å².